The summed E-state index contributed by atoms with van der Waals surface area (Å²) in [5.41, 5.74) is 5.70. The normalized spacial score (nSPS) is 25.0. The van der Waals surface area contributed by atoms with Crippen molar-refractivity contribution in [2.45, 2.75) is 45.5 Å². The summed E-state index contributed by atoms with van der Waals surface area (Å²) in [7, 11) is 0. The molecule has 0 radical (unpaired) electrons. The Kier molecular flexibility index (Phi) is 3.60. The number of nitrogens with one attached hydrogen (secondary N) is 1. The van der Waals surface area contributed by atoms with Crippen LogP contribution < -0.4 is 5.32 Å². The average molecular weight is 235 g/mol. The third-order valence-corrected chi connectivity index (χ3v) is 4.83. The first-order chi connectivity index (χ1) is 7.61. The maximum Gasteiger partial charge on any atom is 0.0795 e. The van der Waals surface area contributed by atoms with E-state index in [0.29, 0.717) is 11.4 Å². The van der Waals surface area contributed by atoms with Gasteiger partial charge in [0.15, 0.2) is 0 Å². The minimum Gasteiger partial charge on any atom is -0.298 e. The van der Waals surface area contributed by atoms with E-state index in [2.05, 4.69) is 45.1 Å². The zero-order valence-corrected chi connectivity index (χ0v) is 11.4. The van der Waals surface area contributed by atoms with Gasteiger partial charge in [-0.25, -0.2) is 0 Å². The molecule has 1 N–H and O–H groups in total. The number of aryl methyl sites for hydroxylation is 3. The second-order valence-corrected chi connectivity index (χ2v) is 5.92. The summed E-state index contributed by atoms with van der Waals surface area (Å²) in [5, 5.41) is 4.21. The molecule has 2 heteroatoms. The minimum atomic E-state index is 0.504. The second-order valence-electron chi connectivity index (χ2n) is 4.78. The van der Waals surface area contributed by atoms with Crippen molar-refractivity contribution in [2.24, 2.45) is 0 Å². The molecule has 1 aliphatic heterocycles. The minimum absolute atomic E-state index is 0.504. The van der Waals surface area contributed by atoms with Crippen LogP contribution in [0.25, 0.3) is 0 Å². The highest BCUT2D eigenvalue weighted by molar-refractivity contribution is 7.99. The zero-order valence-electron chi connectivity index (χ0n) is 10.6. The molecule has 1 nitrogen and oxygen atoms in total. The summed E-state index contributed by atoms with van der Waals surface area (Å²) in [6, 6.07) is 5.36. The number of hydrogen-bond acceptors (Lipinski definition) is 2. The van der Waals surface area contributed by atoms with E-state index >= 15 is 0 Å². The monoisotopic (exact) mass is 235 g/mol. The SMILES string of the molecule is CCC1CSC(c2cc(C)c(C)cc2C)N1. The van der Waals surface area contributed by atoms with Crippen molar-refractivity contribution < 1.29 is 0 Å². The van der Waals surface area contributed by atoms with E-state index < -0.39 is 0 Å². The van der Waals surface area contributed by atoms with Crippen LogP contribution in [0.3, 0.4) is 0 Å². The summed E-state index contributed by atoms with van der Waals surface area (Å²) in [4.78, 5) is 0. The summed E-state index contributed by atoms with van der Waals surface area (Å²) >= 11 is 2.05. The Bertz CT molecular complexity index is 387. The van der Waals surface area contributed by atoms with Gasteiger partial charge in [0, 0.05) is 11.8 Å². The van der Waals surface area contributed by atoms with E-state index in [9.17, 15) is 0 Å². The highest BCUT2D eigenvalue weighted by atomic mass is 32.2. The van der Waals surface area contributed by atoms with E-state index in [-0.39, 0.29) is 0 Å². The van der Waals surface area contributed by atoms with Crippen LogP contribution in [0.15, 0.2) is 12.1 Å². The van der Waals surface area contributed by atoms with Gasteiger partial charge in [0.05, 0.1) is 5.37 Å². The van der Waals surface area contributed by atoms with Crippen molar-refractivity contribution in [3.05, 3.63) is 34.4 Å². The molecule has 0 spiro atoms. The molecule has 1 aromatic rings. The van der Waals surface area contributed by atoms with Crippen LogP contribution in [0.5, 0.6) is 0 Å². The molecule has 2 atom stereocenters. The molecule has 0 aromatic heterocycles. The molecule has 2 unspecified atom stereocenters. The summed E-state index contributed by atoms with van der Waals surface area (Å²) in [6.45, 7) is 8.88. The van der Waals surface area contributed by atoms with E-state index in [1.54, 1.807) is 0 Å². The molecular weight excluding hydrogens is 214 g/mol. The predicted octanol–water partition coefficient (Wildman–Crippen LogP) is 3.73. The lowest BCUT2D eigenvalue weighted by atomic mass is 10.0. The van der Waals surface area contributed by atoms with Gasteiger partial charge in [-0.2, -0.15) is 0 Å². The molecule has 1 aliphatic rings. The van der Waals surface area contributed by atoms with Crippen molar-refractivity contribution in [3.8, 4) is 0 Å². The third-order valence-electron chi connectivity index (χ3n) is 3.51. The first-order valence-electron chi connectivity index (χ1n) is 6.07. The first-order valence-corrected chi connectivity index (χ1v) is 7.12. The zero-order chi connectivity index (χ0) is 11.7. The van der Waals surface area contributed by atoms with Gasteiger partial charge in [0.1, 0.15) is 0 Å². The molecule has 1 saturated heterocycles. The topological polar surface area (TPSA) is 12.0 Å². The Hall–Kier alpha value is -0.470. The lowest BCUT2D eigenvalue weighted by Crippen LogP contribution is -2.25. The van der Waals surface area contributed by atoms with Crippen LogP contribution in [-0.2, 0) is 0 Å². The van der Waals surface area contributed by atoms with Gasteiger partial charge in [0.25, 0.3) is 0 Å². The molecule has 88 valence electrons. The molecule has 0 saturated carbocycles. The maximum atomic E-state index is 3.71. The van der Waals surface area contributed by atoms with Gasteiger partial charge < -0.3 is 0 Å². The van der Waals surface area contributed by atoms with Crippen LogP contribution in [-0.4, -0.2) is 11.8 Å². The predicted molar refractivity (Wildman–Crippen MR) is 73.1 cm³/mol. The quantitative estimate of drug-likeness (QED) is 0.838. The molecule has 16 heavy (non-hydrogen) atoms. The molecule has 0 amide bonds. The fourth-order valence-corrected chi connectivity index (χ4v) is 3.68. The summed E-state index contributed by atoms with van der Waals surface area (Å²) in [6.07, 6.45) is 1.23. The molecular formula is C14H21NS. The third kappa shape index (κ3) is 2.28. The molecule has 2 rings (SSSR count). The standard InChI is InChI=1S/C14H21NS/c1-5-12-8-16-14(15-12)13-7-10(3)9(2)6-11(13)4/h6-7,12,14-15H,5,8H2,1-4H3. The Morgan fingerprint density at radius 3 is 2.50 bits per heavy atom. The van der Waals surface area contributed by atoms with Gasteiger partial charge in [-0.3, -0.25) is 5.32 Å². The van der Waals surface area contributed by atoms with Crippen molar-refractivity contribution in [2.75, 3.05) is 5.75 Å². The van der Waals surface area contributed by atoms with Crippen molar-refractivity contribution in [1.82, 2.24) is 5.32 Å². The second kappa shape index (κ2) is 4.80. The summed E-state index contributed by atoms with van der Waals surface area (Å²) < 4.78 is 0. The fourth-order valence-electron chi connectivity index (χ4n) is 2.20. The van der Waals surface area contributed by atoms with Gasteiger partial charge in [-0.05, 0) is 49.4 Å². The molecule has 0 bridgehead atoms. The van der Waals surface area contributed by atoms with Crippen LogP contribution in [0, 0.1) is 20.8 Å². The Morgan fingerprint density at radius 2 is 1.88 bits per heavy atom. The lowest BCUT2D eigenvalue weighted by Gasteiger charge is -2.16. The van der Waals surface area contributed by atoms with Crippen LogP contribution >= 0.6 is 11.8 Å². The van der Waals surface area contributed by atoms with E-state index in [0.717, 1.165) is 0 Å². The van der Waals surface area contributed by atoms with Crippen molar-refractivity contribution in [3.63, 3.8) is 0 Å². The Morgan fingerprint density at radius 1 is 1.19 bits per heavy atom. The summed E-state index contributed by atoms with van der Waals surface area (Å²) in [5.74, 6) is 1.24. The highest BCUT2D eigenvalue weighted by Crippen LogP contribution is 2.36. The number of rotatable bonds is 2. The molecule has 1 aromatic carbocycles. The lowest BCUT2D eigenvalue weighted by molar-refractivity contribution is 0.560. The van der Waals surface area contributed by atoms with Gasteiger partial charge in [0.2, 0.25) is 0 Å². The van der Waals surface area contributed by atoms with Crippen LogP contribution in [0.1, 0.15) is 41.0 Å². The van der Waals surface area contributed by atoms with Crippen molar-refractivity contribution >= 4 is 11.8 Å². The molecule has 1 heterocycles. The molecule has 0 aliphatic carbocycles. The Balaban J connectivity index is 2.24. The van der Waals surface area contributed by atoms with Gasteiger partial charge >= 0.3 is 0 Å². The van der Waals surface area contributed by atoms with Crippen molar-refractivity contribution in [1.29, 1.82) is 0 Å². The average Bonchev–Trinajstić information content (AvgIpc) is 2.71. The molecule has 1 fully saturated rings. The number of benzene rings is 1. The van der Waals surface area contributed by atoms with Crippen LogP contribution in [0.2, 0.25) is 0 Å². The smallest absolute Gasteiger partial charge is 0.0795 e. The van der Waals surface area contributed by atoms with Gasteiger partial charge in [-0.15, -0.1) is 11.8 Å². The van der Waals surface area contributed by atoms with E-state index in [1.165, 1.54) is 34.4 Å². The van der Waals surface area contributed by atoms with Gasteiger partial charge in [-0.1, -0.05) is 19.1 Å². The number of hydrogen-bond donors (Lipinski definition) is 1. The maximum absolute atomic E-state index is 3.71. The highest BCUT2D eigenvalue weighted by Gasteiger charge is 2.25. The first kappa shape index (κ1) is 12.0. The fraction of sp³-hybridized carbons (Fsp3) is 0.571. The van der Waals surface area contributed by atoms with E-state index in [1.807, 2.05) is 11.8 Å². The Labute approximate surface area is 103 Å². The largest absolute Gasteiger partial charge is 0.298 e. The number of thioether (sulfide) groups is 1. The van der Waals surface area contributed by atoms with Crippen LogP contribution in [0.4, 0.5) is 0 Å². The van der Waals surface area contributed by atoms with E-state index in [4.69, 9.17) is 0 Å².